The molecule has 0 aliphatic rings. The number of amides is 1. The van der Waals surface area contributed by atoms with Crippen LogP contribution in [0.4, 0.5) is 0 Å². The molecule has 1 heterocycles. The highest BCUT2D eigenvalue weighted by Gasteiger charge is 2.11. The number of hydrazone groups is 1. The maximum atomic E-state index is 12.0. The summed E-state index contributed by atoms with van der Waals surface area (Å²) in [5, 5.41) is 13.0. The third kappa shape index (κ3) is 4.43. The van der Waals surface area contributed by atoms with Gasteiger partial charge in [0.05, 0.1) is 16.8 Å². The molecule has 0 aliphatic carbocycles. The summed E-state index contributed by atoms with van der Waals surface area (Å²) in [6.07, 6.45) is 1.38. The smallest absolute Gasteiger partial charge is 0.337 e. The third-order valence-corrected chi connectivity index (χ3v) is 4.06. The third-order valence-electron chi connectivity index (χ3n) is 3.75. The summed E-state index contributed by atoms with van der Waals surface area (Å²) < 4.78 is 5.63. The Balaban J connectivity index is 1.69. The van der Waals surface area contributed by atoms with E-state index in [2.05, 4.69) is 10.5 Å². The van der Waals surface area contributed by atoms with E-state index in [1.807, 2.05) is 13.0 Å². The molecule has 6 nitrogen and oxygen atoms in total. The predicted octanol–water partition coefficient (Wildman–Crippen LogP) is 4.37. The van der Waals surface area contributed by atoms with Gasteiger partial charge in [0, 0.05) is 11.1 Å². The molecule has 0 spiro atoms. The van der Waals surface area contributed by atoms with Crippen molar-refractivity contribution < 1.29 is 19.1 Å². The van der Waals surface area contributed by atoms with E-state index in [-0.39, 0.29) is 16.5 Å². The normalized spacial score (nSPS) is 10.9. The van der Waals surface area contributed by atoms with Crippen molar-refractivity contribution in [1.82, 2.24) is 5.43 Å². The van der Waals surface area contributed by atoms with Crippen LogP contribution in [-0.4, -0.2) is 23.2 Å². The Labute approximate surface area is 160 Å². The van der Waals surface area contributed by atoms with Crippen LogP contribution < -0.4 is 5.43 Å². The lowest BCUT2D eigenvalue weighted by Crippen LogP contribution is -2.17. The van der Waals surface area contributed by atoms with Gasteiger partial charge in [-0.15, -0.1) is 0 Å². The van der Waals surface area contributed by atoms with Crippen molar-refractivity contribution in [2.24, 2.45) is 5.10 Å². The van der Waals surface area contributed by atoms with Crippen molar-refractivity contribution >= 4 is 29.7 Å². The number of aromatic carboxylic acids is 1. The van der Waals surface area contributed by atoms with Crippen LogP contribution in [0.15, 0.2) is 64.1 Å². The molecule has 0 radical (unpaired) electrons. The van der Waals surface area contributed by atoms with E-state index >= 15 is 0 Å². The van der Waals surface area contributed by atoms with Gasteiger partial charge < -0.3 is 9.52 Å². The summed E-state index contributed by atoms with van der Waals surface area (Å²) in [5.41, 5.74) is 4.59. The van der Waals surface area contributed by atoms with Crippen LogP contribution in [0.1, 0.15) is 32.0 Å². The Kier molecular flexibility index (Phi) is 5.38. The molecule has 0 fully saturated rings. The summed E-state index contributed by atoms with van der Waals surface area (Å²) in [5.74, 6) is -0.491. The zero-order valence-electron chi connectivity index (χ0n) is 14.3. The second kappa shape index (κ2) is 7.88. The highest BCUT2D eigenvalue weighted by molar-refractivity contribution is 6.33. The van der Waals surface area contributed by atoms with Crippen molar-refractivity contribution in [2.75, 3.05) is 0 Å². The Hall–Kier alpha value is -3.38. The zero-order valence-corrected chi connectivity index (χ0v) is 15.0. The molecule has 2 N–H and O–H groups in total. The molecule has 3 rings (SSSR count). The Morgan fingerprint density at radius 1 is 1.15 bits per heavy atom. The van der Waals surface area contributed by atoms with Crippen molar-refractivity contribution in [2.45, 2.75) is 6.92 Å². The lowest BCUT2D eigenvalue weighted by atomic mass is 10.1. The number of nitrogens with one attached hydrogen (secondary N) is 1. The lowest BCUT2D eigenvalue weighted by molar-refractivity contribution is 0.0696. The van der Waals surface area contributed by atoms with Crippen LogP contribution in [0.3, 0.4) is 0 Å². The molecule has 1 aromatic heterocycles. The van der Waals surface area contributed by atoms with Gasteiger partial charge in [0.2, 0.25) is 0 Å². The van der Waals surface area contributed by atoms with Crippen molar-refractivity contribution in [3.63, 3.8) is 0 Å². The van der Waals surface area contributed by atoms with E-state index in [0.29, 0.717) is 22.6 Å². The summed E-state index contributed by atoms with van der Waals surface area (Å²) >= 11 is 5.97. The van der Waals surface area contributed by atoms with Gasteiger partial charge in [-0.25, -0.2) is 10.2 Å². The minimum atomic E-state index is -1.09. The van der Waals surface area contributed by atoms with Crippen molar-refractivity contribution in [3.05, 3.63) is 82.1 Å². The first-order valence-electron chi connectivity index (χ1n) is 7.97. The minimum absolute atomic E-state index is 0.0209. The quantitative estimate of drug-likeness (QED) is 0.506. The summed E-state index contributed by atoms with van der Waals surface area (Å²) in [7, 11) is 0. The number of nitrogens with zero attached hydrogens (tertiary/aromatic N) is 1. The second-order valence-corrected chi connectivity index (χ2v) is 6.18. The maximum absolute atomic E-state index is 12.0. The number of rotatable bonds is 5. The number of benzene rings is 2. The average molecular weight is 383 g/mol. The van der Waals surface area contributed by atoms with Gasteiger partial charge in [0.15, 0.2) is 0 Å². The van der Waals surface area contributed by atoms with Gasteiger partial charge in [-0.3, -0.25) is 4.79 Å². The Morgan fingerprint density at radius 3 is 2.67 bits per heavy atom. The van der Waals surface area contributed by atoms with E-state index in [1.54, 1.807) is 36.4 Å². The van der Waals surface area contributed by atoms with Crippen LogP contribution in [0.5, 0.6) is 0 Å². The molecule has 0 unspecified atom stereocenters. The molecule has 1 amide bonds. The van der Waals surface area contributed by atoms with Crippen LogP contribution in [-0.2, 0) is 0 Å². The standard InChI is InChI=1S/C20H15ClN2O4/c1-12-3-2-4-14(9-12)19(24)23-22-11-15-6-8-18(27-15)13-5-7-16(20(25)26)17(21)10-13/h2-11H,1H3,(H,23,24)(H,25,26)/b22-11+. The molecular weight excluding hydrogens is 368 g/mol. The summed E-state index contributed by atoms with van der Waals surface area (Å²) in [6, 6.07) is 15.1. The predicted molar refractivity (Wildman–Crippen MR) is 102 cm³/mol. The first-order valence-corrected chi connectivity index (χ1v) is 8.35. The number of carbonyl (C=O) groups excluding carboxylic acids is 1. The van der Waals surface area contributed by atoms with E-state index in [9.17, 15) is 9.59 Å². The Morgan fingerprint density at radius 2 is 1.96 bits per heavy atom. The van der Waals surface area contributed by atoms with E-state index < -0.39 is 5.97 Å². The van der Waals surface area contributed by atoms with Crippen LogP contribution in [0.2, 0.25) is 5.02 Å². The van der Waals surface area contributed by atoms with Gasteiger partial charge in [-0.05, 0) is 43.3 Å². The van der Waals surface area contributed by atoms with Crippen molar-refractivity contribution in [3.8, 4) is 11.3 Å². The number of carbonyl (C=O) groups is 2. The molecule has 0 saturated heterocycles. The first kappa shape index (κ1) is 18.4. The number of hydrogen-bond donors (Lipinski definition) is 2. The average Bonchev–Trinajstić information content (AvgIpc) is 3.10. The Bertz CT molecular complexity index is 1040. The molecule has 3 aromatic rings. The summed E-state index contributed by atoms with van der Waals surface area (Å²) in [4.78, 5) is 23.0. The fraction of sp³-hybridized carbons (Fsp3) is 0.0500. The molecule has 0 atom stereocenters. The molecule has 2 aromatic carbocycles. The maximum Gasteiger partial charge on any atom is 0.337 e. The SMILES string of the molecule is Cc1cccc(C(=O)N/N=C/c2ccc(-c3ccc(C(=O)O)c(Cl)c3)o2)c1. The fourth-order valence-corrected chi connectivity index (χ4v) is 2.69. The van der Waals surface area contributed by atoms with E-state index in [0.717, 1.165) is 5.56 Å². The summed E-state index contributed by atoms with van der Waals surface area (Å²) in [6.45, 7) is 1.90. The molecule has 0 bridgehead atoms. The van der Waals surface area contributed by atoms with E-state index in [4.69, 9.17) is 21.1 Å². The molecule has 0 aliphatic heterocycles. The molecule has 27 heavy (non-hydrogen) atoms. The van der Waals surface area contributed by atoms with E-state index in [1.165, 1.54) is 18.3 Å². The molecular formula is C20H15ClN2O4. The van der Waals surface area contributed by atoms with Crippen LogP contribution in [0, 0.1) is 6.92 Å². The highest BCUT2D eigenvalue weighted by Crippen LogP contribution is 2.27. The second-order valence-electron chi connectivity index (χ2n) is 5.77. The van der Waals surface area contributed by atoms with Crippen LogP contribution in [0.25, 0.3) is 11.3 Å². The fourth-order valence-electron chi connectivity index (χ4n) is 2.42. The number of carboxylic acid groups (broad SMARTS) is 1. The highest BCUT2D eigenvalue weighted by atomic mass is 35.5. The van der Waals surface area contributed by atoms with Gasteiger partial charge in [0.1, 0.15) is 11.5 Å². The van der Waals surface area contributed by atoms with Crippen molar-refractivity contribution in [1.29, 1.82) is 0 Å². The number of halogens is 1. The molecule has 0 saturated carbocycles. The number of carboxylic acids is 1. The first-order chi connectivity index (χ1) is 12.9. The monoisotopic (exact) mass is 382 g/mol. The largest absolute Gasteiger partial charge is 0.478 e. The van der Waals surface area contributed by atoms with Gasteiger partial charge >= 0.3 is 5.97 Å². The van der Waals surface area contributed by atoms with Gasteiger partial charge in [-0.1, -0.05) is 35.4 Å². The van der Waals surface area contributed by atoms with Gasteiger partial charge in [0.25, 0.3) is 5.91 Å². The van der Waals surface area contributed by atoms with Crippen LogP contribution >= 0.6 is 11.6 Å². The molecule has 136 valence electrons. The number of hydrogen-bond acceptors (Lipinski definition) is 4. The van der Waals surface area contributed by atoms with Gasteiger partial charge in [-0.2, -0.15) is 5.10 Å². The number of aryl methyl sites for hydroxylation is 1. The molecule has 7 heteroatoms. The minimum Gasteiger partial charge on any atom is -0.478 e. The zero-order chi connectivity index (χ0) is 19.4. The number of furan rings is 1. The topological polar surface area (TPSA) is 91.9 Å². The lowest BCUT2D eigenvalue weighted by Gasteiger charge is -2.01.